The van der Waals surface area contributed by atoms with Crippen molar-refractivity contribution in [2.45, 2.75) is 71.1 Å². The average Bonchev–Trinajstić information content (AvgIpc) is 2.80. The highest BCUT2D eigenvalue weighted by Crippen LogP contribution is 2.18. The number of carbonyl (C=O) groups is 3. The molecule has 1 aromatic rings. The van der Waals surface area contributed by atoms with Crippen LogP contribution in [0, 0.1) is 11.8 Å². The van der Waals surface area contributed by atoms with Gasteiger partial charge in [0.05, 0.1) is 0 Å². The molecule has 0 saturated carbocycles. The molecule has 8 nitrogen and oxygen atoms in total. The monoisotopic (exact) mass is 447 g/mol. The summed E-state index contributed by atoms with van der Waals surface area (Å²) in [5.41, 5.74) is 3.57. The molecule has 178 valence electrons. The molecule has 1 fully saturated rings. The lowest BCUT2D eigenvalue weighted by Crippen LogP contribution is -2.47. The Morgan fingerprint density at radius 3 is 2.50 bits per heavy atom. The van der Waals surface area contributed by atoms with Gasteiger partial charge in [-0.3, -0.25) is 14.4 Å². The summed E-state index contributed by atoms with van der Waals surface area (Å²) in [7, 11) is 1.55. The Hall–Kier alpha value is -2.45. The second-order valence-electron chi connectivity index (χ2n) is 8.67. The number of rotatable bonds is 12. The van der Waals surface area contributed by atoms with E-state index in [1.54, 1.807) is 7.05 Å². The van der Waals surface area contributed by atoms with E-state index in [0.29, 0.717) is 25.9 Å². The average molecular weight is 448 g/mol. The van der Waals surface area contributed by atoms with Crippen molar-refractivity contribution in [1.82, 2.24) is 16.1 Å². The number of hydroxylamine groups is 1. The number of hydrogen-bond acceptors (Lipinski definition) is 5. The van der Waals surface area contributed by atoms with Crippen LogP contribution < -0.4 is 16.1 Å². The lowest BCUT2D eigenvalue weighted by Gasteiger charge is -2.24. The molecule has 0 aromatic heterocycles. The maximum Gasteiger partial charge on any atom is 0.247 e. The summed E-state index contributed by atoms with van der Waals surface area (Å²) >= 11 is 0. The molecule has 3 amide bonds. The van der Waals surface area contributed by atoms with Gasteiger partial charge in [0, 0.05) is 32.4 Å². The van der Waals surface area contributed by atoms with Crippen LogP contribution in [0.2, 0.25) is 0 Å². The van der Waals surface area contributed by atoms with Gasteiger partial charge in [0.15, 0.2) is 6.29 Å². The van der Waals surface area contributed by atoms with Crippen LogP contribution in [0.3, 0.4) is 0 Å². The van der Waals surface area contributed by atoms with Crippen LogP contribution >= 0.6 is 0 Å². The zero-order valence-corrected chi connectivity index (χ0v) is 19.4. The van der Waals surface area contributed by atoms with Crippen molar-refractivity contribution in [3.05, 3.63) is 35.9 Å². The van der Waals surface area contributed by atoms with Gasteiger partial charge in [-0.15, -0.1) is 0 Å². The third kappa shape index (κ3) is 9.36. The van der Waals surface area contributed by atoms with Gasteiger partial charge in [0.2, 0.25) is 17.7 Å². The van der Waals surface area contributed by atoms with Crippen LogP contribution in [0.4, 0.5) is 0 Å². The van der Waals surface area contributed by atoms with Crippen LogP contribution in [0.15, 0.2) is 30.3 Å². The van der Waals surface area contributed by atoms with Crippen molar-refractivity contribution < 1.29 is 24.0 Å². The Morgan fingerprint density at radius 1 is 1.12 bits per heavy atom. The predicted octanol–water partition coefficient (Wildman–Crippen LogP) is 2.48. The van der Waals surface area contributed by atoms with E-state index in [2.05, 4.69) is 16.1 Å². The SMILES string of the molecule is CNC(=O)C(CCc1ccccc1)NC(=O)C[C@H](CC(C)C)C(=O)NO[C@H]1CCCCO1. The summed E-state index contributed by atoms with van der Waals surface area (Å²) in [5.74, 6) is -1.27. The van der Waals surface area contributed by atoms with E-state index >= 15 is 0 Å². The Balaban J connectivity index is 1.91. The van der Waals surface area contributed by atoms with Crippen LogP contribution in [-0.4, -0.2) is 43.7 Å². The van der Waals surface area contributed by atoms with Crippen molar-refractivity contribution in [2.75, 3.05) is 13.7 Å². The molecule has 0 radical (unpaired) electrons. The molecule has 32 heavy (non-hydrogen) atoms. The number of amides is 3. The molecule has 1 unspecified atom stereocenters. The van der Waals surface area contributed by atoms with Gasteiger partial charge in [0.1, 0.15) is 6.04 Å². The summed E-state index contributed by atoms with van der Waals surface area (Å²) < 4.78 is 5.46. The normalized spacial score (nSPS) is 17.9. The third-order valence-electron chi connectivity index (χ3n) is 5.45. The van der Waals surface area contributed by atoms with Crippen molar-refractivity contribution in [2.24, 2.45) is 11.8 Å². The Morgan fingerprint density at radius 2 is 1.88 bits per heavy atom. The standard InChI is InChI=1S/C24H37N3O5/c1-17(2)15-19(23(29)27-32-22-11-7-8-14-31-22)16-21(28)26-20(24(30)25-3)13-12-18-9-5-4-6-10-18/h4-6,9-10,17,19-20,22H,7-8,11-16H2,1-3H3,(H,25,30)(H,26,28)(H,27,29)/t19-,20?,22-/m0/s1. The van der Waals surface area contributed by atoms with Gasteiger partial charge < -0.3 is 15.4 Å². The molecule has 3 atom stereocenters. The van der Waals surface area contributed by atoms with Gasteiger partial charge in [-0.05, 0) is 43.6 Å². The summed E-state index contributed by atoms with van der Waals surface area (Å²) in [6.07, 6.45) is 3.90. The first-order valence-electron chi connectivity index (χ1n) is 11.5. The molecule has 2 rings (SSSR count). The largest absolute Gasteiger partial charge is 0.357 e. The fraction of sp³-hybridized carbons (Fsp3) is 0.625. The first-order valence-corrected chi connectivity index (χ1v) is 11.5. The summed E-state index contributed by atoms with van der Waals surface area (Å²) in [5, 5.41) is 5.41. The maximum atomic E-state index is 12.8. The second kappa shape index (κ2) is 13.9. The number of ether oxygens (including phenoxy) is 1. The molecule has 0 aliphatic carbocycles. The molecule has 1 aromatic carbocycles. The van der Waals surface area contributed by atoms with Crippen LogP contribution in [0.5, 0.6) is 0 Å². The number of hydrogen-bond donors (Lipinski definition) is 3. The molecular formula is C24H37N3O5. The van der Waals surface area contributed by atoms with E-state index in [1.807, 2.05) is 44.2 Å². The van der Waals surface area contributed by atoms with Crippen molar-refractivity contribution in [3.63, 3.8) is 0 Å². The lowest BCUT2D eigenvalue weighted by molar-refractivity contribution is -0.202. The van der Waals surface area contributed by atoms with Gasteiger partial charge in [0.25, 0.3) is 0 Å². The van der Waals surface area contributed by atoms with E-state index in [4.69, 9.17) is 9.57 Å². The molecular weight excluding hydrogens is 410 g/mol. The minimum Gasteiger partial charge on any atom is -0.357 e. The molecule has 8 heteroatoms. The van der Waals surface area contributed by atoms with Crippen molar-refractivity contribution >= 4 is 17.7 Å². The molecule has 1 heterocycles. The molecule has 1 saturated heterocycles. The first-order chi connectivity index (χ1) is 15.4. The Bertz CT molecular complexity index is 720. The lowest BCUT2D eigenvalue weighted by atomic mass is 9.93. The van der Waals surface area contributed by atoms with E-state index in [1.165, 1.54) is 0 Å². The topological polar surface area (TPSA) is 106 Å². The van der Waals surface area contributed by atoms with Gasteiger partial charge in [-0.1, -0.05) is 44.2 Å². The number of carbonyl (C=O) groups excluding carboxylic acids is 3. The zero-order valence-electron chi connectivity index (χ0n) is 19.4. The number of aryl methyl sites for hydroxylation is 1. The van der Waals surface area contributed by atoms with E-state index in [-0.39, 0.29) is 30.1 Å². The first kappa shape index (κ1) is 25.8. The third-order valence-corrected chi connectivity index (χ3v) is 5.45. The summed E-state index contributed by atoms with van der Waals surface area (Å²) in [4.78, 5) is 43.1. The van der Waals surface area contributed by atoms with Crippen molar-refractivity contribution in [3.8, 4) is 0 Å². The minimum absolute atomic E-state index is 0.0161. The predicted molar refractivity (Wildman–Crippen MR) is 121 cm³/mol. The minimum atomic E-state index is -0.664. The fourth-order valence-electron chi connectivity index (χ4n) is 3.74. The smallest absolute Gasteiger partial charge is 0.247 e. The number of nitrogens with one attached hydrogen (secondary N) is 3. The number of likely N-dealkylation sites (N-methyl/N-ethyl adjacent to an activating group) is 1. The van der Waals surface area contributed by atoms with Gasteiger partial charge >= 0.3 is 0 Å². The van der Waals surface area contributed by atoms with Crippen LogP contribution in [0.25, 0.3) is 0 Å². The second-order valence-corrected chi connectivity index (χ2v) is 8.67. The molecule has 1 aliphatic heterocycles. The Kier molecular flexibility index (Phi) is 11.2. The zero-order chi connectivity index (χ0) is 23.3. The van der Waals surface area contributed by atoms with E-state index in [9.17, 15) is 14.4 Å². The fourth-order valence-corrected chi connectivity index (χ4v) is 3.74. The highest BCUT2D eigenvalue weighted by Gasteiger charge is 2.27. The Labute approximate surface area is 190 Å². The van der Waals surface area contributed by atoms with E-state index < -0.39 is 18.2 Å². The highest BCUT2D eigenvalue weighted by atomic mass is 16.8. The van der Waals surface area contributed by atoms with Gasteiger partial charge in [-0.25, -0.2) is 10.3 Å². The molecule has 3 N–H and O–H groups in total. The van der Waals surface area contributed by atoms with Gasteiger partial charge in [-0.2, -0.15) is 0 Å². The summed E-state index contributed by atoms with van der Waals surface area (Å²) in [6.45, 7) is 4.61. The molecule has 0 bridgehead atoms. The van der Waals surface area contributed by atoms with E-state index in [0.717, 1.165) is 24.8 Å². The molecule has 0 spiro atoms. The van der Waals surface area contributed by atoms with Crippen LogP contribution in [0.1, 0.15) is 57.9 Å². The number of benzene rings is 1. The summed E-state index contributed by atoms with van der Waals surface area (Å²) in [6, 6.07) is 9.13. The quantitative estimate of drug-likeness (QED) is 0.427. The van der Waals surface area contributed by atoms with Crippen LogP contribution in [-0.2, 0) is 30.4 Å². The van der Waals surface area contributed by atoms with Crippen molar-refractivity contribution in [1.29, 1.82) is 0 Å². The molecule has 1 aliphatic rings. The maximum absolute atomic E-state index is 12.8. The highest BCUT2D eigenvalue weighted by molar-refractivity contribution is 5.89.